The Kier molecular flexibility index (Phi) is 5.56. The van der Waals surface area contributed by atoms with Crippen molar-refractivity contribution in [3.8, 4) is 28.2 Å². The Balaban J connectivity index is 1.68. The highest BCUT2D eigenvalue weighted by Crippen LogP contribution is 2.38. The van der Waals surface area contributed by atoms with Gasteiger partial charge >= 0.3 is 0 Å². The van der Waals surface area contributed by atoms with Crippen molar-refractivity contribution in [3.05, 3.63) is 167 Å². The first-order chi connectivity index (χ1) is 18.9. The van der Waals surface area contributed by atoms with Gasteiger partial charge in [-0.05, 0) is 40.1 Å². The summed E-state index contributed by atoms with van der Waals surface area (Å²) in [6.07, 6.45) is 3.23. The molecular weight excluding hydrogens is 460 g/mol. The largest absolute Gasteiger partial charge is 0.292 e. The average Bonchev–Trinajstić information content (AvgIpc) is 3.30. The zero-order chi connectivity index (χ0) is 25.3. The summed E-state index contributed by atoms with van der Waals surface area (Å²) in [5.41, 5.74) is 9.10. The predicted molar refractivity (Wildman–Crippen MR) is 156 cm³/mol. The molecule has 0 N–H and O–H groups in total. The van der Waals surface area contributed by atoms with Crippen LogP contribution in [0.4, 0.5) is 0 Å². The van der Waals surface area contributed by atoms with Gasteiger partial charge in [-0.2, -0.15) is 0 Å². The molecule has 2 nitrogen and oxygen atoms in total. The monoisotopic (exact) mass is 486 g/mol. The molecule has 0 fully saturated rings. The summed E-state index contributed by atoms with van der Waals surface area (Å²) in [6, 6.07) is 49.3. The molecule has 0 atom stereocenters. The average molecular weight is 487 g/mol. The summed E-state index contributed by atoms with van der Waals surface area (Å²) in [7, 11) is 0. The van der Waals surface area contributed by atoms with E-state index >= 15 is 0 Å². The van der Waals surface area contributed by atoms with Gasteiger partial charge in [-0.15, -0.1) is 0 Å². The molecule has 6 aromatic rings. The molecule has 1 heterocycles. The number of imidazole rings is 1. The summed E-state index contributed by atoms with van der Waals surface area (Å²) in [5.74, 6) is 0.948. The van der Waals surface area contributed by atoms with E-state index in [1.807, 2.05) is 0 Å². The lowest BCUT2D eigenvalue weighted by molar-refractivity contribution is 1.02. The third-order valence-corrected chi connectivity index (χ3v) is 7.27. The van der Waals surface area contributed by atoms with Crippen molar-refractivity contribution in [2.24, 2.45) is 0 Å². The topological polar surface area (TPSA) is 17.8 Å². The Morgan fingerprint density at radius 1 is 0.553 bits per heavy atom. The van der Waals surface area contributed by atoms with Gasteiger partial charge in [0.1, 0.15) is 5.82 Å². The highest BCUT2D eigenvalue weighted by Gasteiger charge is 2.26. The lowest BCUT2D eigenvalue weighted by Crippen LogP contribution is -2.27. The van der Waals surface area contributed by atoms with Crippen molar-refractivity contribution in [2.75, 3.05) is 0 Å². The molecule has 0 saturated carbocycles. The number of rotatable bonds is 4. The number of hydrogen-bond donors (Lipinski definition) is 0. The third kappa shape index (κ3) is 3.79. The van der Waals surface area contributed by atoms with Gasteiger partial charge in [0.15, 0.2) is 0 Å². The van der Waals surface area contributed by atoms with Gasteiger partial charge in [-0.1, -0.05) is 133 Å². The maximum absolute atomic E-state index is 5.51. The molecule has 38 heavy (non-hydrogen) atoms. The van der Waals surface area contributed by atoms with Crippen molar-refractivity contribution in [3.63, 3.8) is 0 Å². The summed E-state index contributed by atoms with van der Waals surface area (Å²) < 4.78 is 2.35. The van der Waals surface area contributed by atoms with Gasteiger partial charge in [-0.25, -0.2) is 4.98 Å². The molecule has 0 spiro atoms. The minimum atomic E-state index is 0.889. The van der Waals surface area contributed by atoms with Gasteiger partial charge in [0, 0.05) is 22.4 Å². The lowest BCUT2D eigenvalue weighted by atomic mass is 9.97. The van der Waals surface area contributed by atoms with Crippen LogP contribution in [-0.4, -0.2) is 9.55 Å². The van der Waals surface area contributed by atoms with Crippen molar-refractivity contribution in [2.45, 2.75) is 6.42 Å². The van der Waals surface area contributed by atoms with Crippen LogP contribution in [0.15, 0.2) is 140 Å². The molecule has 0 amide bonds. The van der Waals surface area contributed by atoms with E-state index < -0.39 is 0 Å². The van der Waals surface area contributed by atoms with E-state index in [2.05, 4.69) is 150 Å². The Bertz CT molecular complexity index is 1870. The zero-order valence-corrected chi connectivity index (χ0v) is 21.0. The van der Waals surface area contributed by atoms with Crippen LogP contribution in [0.5, 0.6) is 0 Å². The number of hydrogen-bond acceptors (Lipinski definition) is 1. The molecule has 0 saturated heterocycles. The van der Waals surface area contributed by atoms with E-state index in [0.717, 1.165) is 46.0 Å². The molecule has 180 valence electrons. The fourth-order valence-electron chi connectivity index (χ4n) is 5.53. The molecule has 1 aliphatic carbocycles. The SMILES string of the molecule is C1=c2ccccc2=C(c2nc(-c3ccccc3)c(-c3ccccc3)n2-c2ccccc2)c2ccccc2C1. The molecule has 0 radical (unpaired) electrons. The normalized spacial score (nSPS) is 12.3. The second kappa shape index (κ2) is 9.49. The summed E-state index contributed by atoms with van der Waals surface area (Å²) in [5, 5.41) is 2.45. The van der Waals surface area contributed by atoms with Gasteiger partial charge in [-0.3, -0.25) is 4.57 Å². The minimum Gasteiger partial charge on any atom is -0.292 e. The Morgan fingerprint density at radius 3 is 1.92 bits per heavy atom. The quantitative estimate of drug-likeness (QED) is 0.268. The van der Waals surface area contributed by atoms with Crippen LogP contribution in [0.25, 0.3) is 39.9 Å². The van der Waals surface area contributed by atoms with E-state index in [9.17, 15) is 0 Å². The number of benzene rings is 5. The fourth-order valence-corrected chi connectivity index (χ4v) is 5.53. The van der Waals surface area contributed by atoms with Crippen molar-refractivity contribution in [1.82, 2.24) is 9.55 Å². The summed E-state index contributed by atoms with van der Waals surface area (Å²) >= 11 is 0. The minimum absolute atomic E-state index is 0.889. The maximum Gasteiger partial charge on any atom is 0.147 e. The summed E-state index contributed by atoms with van der Waals surface area (Å²) in [6.45, 7) is 0. The molecular formula is C36H26N2. The van der Waals surface area contributed by atoms with Crippen molar-refractivity contribution >= 4 is 11.6 Å². The Morgan fingerprint density at radius 2 is 1.16 bits per heavy atom. The van der Waals surface area contributed by atoms with E-state index in [0.29, 0.717) is 0 Å². The van der Waals surface area contributed by atoms with Gasteiger partial charge in [0.25, 0.3) is 0 Å². The van der Waals surface area contributed by atoms with Crippen LogP contribution in [0.3, 0.4) is 0 Å². The molecule has 0 aliphatic heterocycles. The highest BCUT2D eigenvalue weighted by atomic mass is 15.1. The van der Waals surface area contributed by atoms with E-state index in [1.165, 1.54) is 21.6 Å². The van der Waals surface area contributed by atoms with Crippen LogP contribution in [0.1, 0.15) is 17.0 Å². The molecule has 0 bridgehead atoms. The van der Waals surface area contributed by atoms with E-state index in [4.69, 9.17) is 4.98 Å². The van der Waals surface area contributed by atoms with Crippen LogP contribution in [-0.2, 0) is 6.42 Å². The first kappa shape index (κ1) is 22.3. The maximum atomic E-state index is 5.51. The van der Waals surface area contributed by atoms with E-state index in [1.54, 1.807) is 0 Å². The van der Waals surface area contributed by atoms with Gasteiger partial charge < -0.3 is 0 Å². The first-order valence-corrected chi connectivity index (χ1v) is 13.1. The van der Waals surface area contributed by atoms with Gasteiger partial charge in [0.05, 0.1) is 11.4 Å². The molecule has 2 heteroatoms. The zero-order valence-electron chi connectivity index (χ0n) is 21.0. The molecule has 0 unspecified atom stereocenters. The molecule has 7 rings (SSSR count). The number of para-hydroxylation sites is 1. The highest BCUT2D eigenvalue weighted by molar-refractivity contribution is 5.87. The lowest BCUT2D eigenvalue weighted by Gasteiger charge is -2.16. The van der Waals surface area contributed by atoms with Crippen LogP contribution < -0.4 is 10.4 Å². The van der Waals surface area contributed by atoms with Gasteiger partial charge in [0.2, 0.25) is 0 Å². The predicted octanol–water partition coefficient (Wildman–Crippen LogP) is 6.79. The second-order valence-corrected chi connectivity index (χ2v) is 9.56. The Labute approximate surface area is 222 Å². The van der Waals surface area contributed by atoms with E-state index in [-0.39, 0.29) is 0 Å². The summed E-state index contributed by atoms with van der Waals surface area (Å²) in [4.78, 5) is 5.51. The van der Waals surface area contributed by atoms with Crippen LogP contribution >= 0.6 is 0 Å². The fraction of sp³-hybridized carbons (Fsp3) is 0.0278. The number of nitrogens with zero attached hydrogens (tertiary/aromatic N) is 2. The standard InChI is InChI=1S/C36H26N2/c1-4-16-28(17-5-1)34-35(29-18-6-2-7-19-29)38(30-20-8-3-9-21-30)36(37-34)33-31-22-12-10-14-26(31)24-25-27-15-11-13-23-32(27)33/h1-24H,25H2. The smallest absolute Gasteiger partial charge is 0.147 e. The van der Waals surface area contributed by atoms with Crippen LogP contribution in [0.2, 0.25) is 0 Å². The molecule has 1 aliphatic rings. The first-order valence-electron chi connectivity index (χ1n) is 13.1. The van der Waals surface area contributed by atoms with Crippen molar-refractivity contribution in [1.29, 1.82) is 0 Å². The molecule has 1 aromatic heterocycles. The molecule has 5 aromatic carbocycles. The third-order valence-electron chi connectivity index (χ3n) is 7.27. The number of fused-ring (bicyclic) bond motifs is 2. The number of aromatic nitrogens is 2. The Hall–Kier alpha value is -4.95. The van der Waals surface area contributed by atoms with Crippen LogP contribution in [0, 0.1) is 0 Å². The van der Waals surface area contributed by atoms with Crippen molar-refractivity contribution < 1.29 is 0 Å². The second-order valence-electron chi connectivity index (χ2n) is 9.56.